The van der Waals surface area contributed by atoms with Crippen LogP contribution in [0.3, 0.4) is 0 Å². The summed E-state index contributed by atoms with van der Waals surface area (Å²) >= 11 is 0. The molecule has 0 radical (unpaired) electrons. The first-order valence-electron chi connectivity index (χ1n) is 16.4. The number of H-pyrrole nitrogens is 1. The first kappa shape index (κ1) is 37.5. The summed E-state index contributed by atoms with van der Waals surface area (Å²) in [7, 11) is -5.14. The van der Waals surface area contributed by atoms with Gasteiger partial charge < -0.3 is 9.78 Å². The molecule has 0 aliphatic carbocycles. The third-order valence-corrected chi connectivity index (χ3v) is 11.4. The van der Waals surface area contributed by atoms with Crippen molar-refractivity contribution in [2.24, 2.45) is 0 Å². The molecular formula is C39H41FN4O5S2. The number of sulfone groups is 1. The van der Waals surface area contributed by atoms with Crippen LogP contribution in [0.4, 0.5) is 4.39 Å². The van der Waals surface area contributed by atoms with Crippen molar-refractivity contribution in [3.05, 3.63) is 132 Å². The Labute approximate surface area is 299 Å². The number of carbonyl (C=O) groups is 1. The second-order valence-electron chi connectivity index (χ2n) is 12.4. The first-order chi connectivity index (χ1) is 24.4. The van der Waals surface area contributed by atoms with Gasteiger partial charge in [-0.15, -0.1) is 0 Å². The molecule has 0 saturated carbocycles. The van der Waals surface area contributed by atoms with Crippen LogP contribution in [0.5, 0.6) is 0 Å². The number of pyridine rings is 1. The fourth-order valence-corrected chi connectivity index (χ4v) is 7.38. The van der Waals surface area contributed by atoms with Crippen molar-refractivity contribution in [1.82, 2.24) is 19.6 Å². The molecule has 0 fully saturated rings. The first-order valence-corrected chi connectivity index (χ1v) is 19.8. The van der Waals surface area contributed by atoms with E-state index in [4.69, 9.17) is 0 Å². The second kappa shape index (κ2) is 16.5. The van der Waals surface area contributed by atoms with Crippen LogP contribution in [-0.2, 0) is 31.1 Å². The summed E-state index contributed by atoms with van der Waals surface area (Å²) in [6.45, 7) is 4.81. The van der Waals surface area contributed by atoms with Crippen LogP contribution in [0.1, 0.15) is 36.0 Å². The zero-order valence-corrected chi connectivity index (χ0v) is 30.3. The number of hydrogen-bond acceptors (Lipinski definition) is 7. The molecule has 1 unspecified atom stereocenters. The number of aromatic nitrogens is 2. The second-order valence-corrected chi connectivity index (χ2v) is 16.3. The average molecular weight is 729 g/mol. The fraction of sp³-hybridized carbons (Fsp3) is 0.231. The number of nitrogens with one attached hydrogen (secondary N) is 2. The van der Waals surface area contributed by atoms with Crippen molar-refractivity contribution in [1.29, 1.82) is 0 Å². The highest BCUT2D eigenvalue weighted by Gasteiger charge is 2.22. The van der Waals surface area contributed by atoms with E-state index in [2.05, 4.69) is 38.8 Å². The Kier molecular flexibility index (Phi) is 12.1. The van der Waals surface area contributed by atoms with E-state index in [1.807, 2.05) is 24.3 Å². The van der Waals surface area contributed by atoms with E-state index in [9.17, 15) is 26.0 Å². The number of aldehydes is 1. The lowest BCUT2D eigenvalue weighted by Crippen LogP contribution is -2.32. The van der Waals surface area contributed by atoms with Gasteiger partial charge in [0.05, 0.1) is 15.5 Å². The quantitative estimate of drug-likeness (QED) is 0.148. The Morgan fingerprint density at radius 1 is 0.902 bits per heavy atom. The Bertz CT molecular complexity index is 2180. The van der Waals surface area contributed by atoms with Crippen LogP contribution >= 0.6 is 0 Å². The van der Waals surface area contributed by atoms with E-state index in [-0.39, 0.29) is 21.5 Å². The van der Waals surface area contributed by atoms with Gasteiger partial charge in [-0.05, 0) is 108 Å². The van der Waals surface area contributed by atoms with E-state index in [0.29, 0.717) is 6.42 Å². The zero-order chi connectivity index (χ0) is 36.6. The van der Waals surface area contributed by atoms with Gasteiger partial charge in [0, 0.05) is 62.0 Å². The minimum absolute atomic E-state index is 0.255. The highest BCUT2D eigenvalue weighted by Crippen LogP contribution is 2.39. The summed E-state index contributed by atoms with van der Waals surface area (Å²) in [5.74, 6) is 0.00949. The van der Waals surface area contributed by atoms with E-state index in [0.717, 1.165) is 77.7 Å². The molecular weight excluding hydrogens is 688 g/mol. The predicted octanol–water partition coefficient (Wildman–Crippen LogP) is 6.52. The summed E-state index contributed by atoms with van der Waals surface area (Å²) < 4.78 is 62.0. The van der Waals surface area contributed by atoms with Gasteiger partial charge in [0.2, 0.25) is 10.0 Å². The van der Waals surface area contributed by atoms with Gasteiger partial charge in [0.1, 0.15) is 12.1 Å². The molecule has 1 aliphatic heterocycles. The molecule has 12 heteroatoms. The molecule has 0 bridgehead atoms. The maximum Gasteiger partial charge on any atom is 0.240 e. The van der Waals surface area contributed by atoms with Crippen molar-refractivity contribution in [2.75, 3.05) is 32.9 Å². The number of benzene rings is 3. The van der Waals surface area contributed by atoms with Crippen LogP contribution in [0.2, 0.25) is 0 Å². The normalized spacial score (nSPS) is 14.2. The SMILES string of the molecule is CNS(=O)(=O)c1ccc(C(C)CN2CC=C(c3c[nH]c(-c4ccc(F)cc4)c3-c3ccncc3)CC2)cc1.CS(=O)(=O)c1ccc(CC=O)cc1. The van der Waals surface area contributed by atoms with E-state index >= 15 is 0 Å². The standard InChI is InChI=1S/C30H31FN4O2S.C9H10O3S/c1-21(22-5-9-27(10-6-22)38(36,37)32-2)20-35-17-13-23(14-18-35)28-19-34-30(25-3-7-26(31)8-4-25)29(28)24-11-15-33-16-12-24;1-13(11,12)9-4-2-8(3-5-9)6-7-10/h3-13,15-16,19,21,32,34H,14,17-18,20H2,1-2H3;2-5,7H,6H2,1H3. The number of aromatic amines is 1. The Morgan fingerprint density at radius 2 is 1.55 bits per heavy atom. The van der Waals surface area contributed by atoms with Gasteiger partial charge in [-0.25, -0.2) is 25.9 Å². The van der Waals surface area contributed by atoms with Gasteiger partial charge in [0.15, 0.2) is 9.84 Å². The van der Waals surface area contributed by atoms with Crippen LogP contribution in [-0.4, -0.2) is 70.9 Å². The monoisotopic (exact) mass is 728 g/mol. The Hall–Kier alpha value is -4.75. The molecule has 6 rings (SSSR count). The predicted molar refractivity (Wildman–Crippen MR) is 199 cm³/mol. The van der Waals surface area contributed by atoms with Gasteiger partial charge in [-0.1, -0.05) is 37.3 Å². The lowest BCUT2D eigenvalue weighted by atomic mass is 9.91. The van der Waals surface area contributed by atoms with Crippen LogP contribution in [0, 0.1) is 5.82 Å². The summed E-state index contributed by atoms with van der Waals surface area (Å²) in [5, 5.41) is 0. The number of hydrogen-bond donors (Lipinski definition) is 2. The maximum absolute atomic E-state index is 13.6. The molecule has 51 heavy (non-hydrogen) atoms. The fourth-order valence-electron chi connectivity index (χ4n) is 6.02. The molecule has 5 aromatic rings. The largest absolute Gasteiger partial charge is 0.360 e. The van der Waals surface area contributed by atoms with Crippen LogP contribution in [0.15, 0.2) is 119 Å². The van der Waals surface area contributed by atoms with Crippen LogP contribution in [0.25, 0.3) is 28.0 Å². The highest BCUT2D eigenvalue weighted by molar-refractivity contribution is 7.90. The molecule has 1 aliphatic rings. The maximum atomic E-state index is 13.6. The molecule has 9 nitrogen and oxygen atoms in total. The van der Waals surface area contributed by atoms with Crippen molar-refractivity contribution in [2.45, 2.75) is 35.5 Å². The number of nitrogens with zero attached hydrogens (tertiary/aromatic N) is 2. The van der Waals surface area contributed by atoms with Crippen molar-refractivity contribution in [3.8, 4) is 22.4 Å². The topological polar surface area (TPSA) is 129 Å². The summed E-state index contributed by atoms with van der Waals surface area (Å²) in [6, 6.07) is 24.0. The van der Waals surface area contributed by atoms with Crippen LogP contribution < -0.4 is 4.72 Å². The number of sulfonamides is 1. The summed E-state index contributed by atoms with van der Waals surface area (Å²) in [5.41, 5.74) is 8.44. The summed E-state index contributed by atoms with van der Waals surface area (Å²) in [6.07, 6.45) is 11.1. The molecule has 2 N–H and O–H groups in total. The molecule has 0 amide bonds. The average Bonchev–Trinajstić information content (AvgIpc) is 3.58. The highest BCUT2D eigenvalue weighted by atomic mass is 32.2. The number of halogens is 1. The third kappa shape index (κ3) is 9.53. The number of rotatable bonds is 11. The molecule has 266 valence electrons. The smallest absolute Gasteiger partial charge is 0.240 e. The lowest BCUT2D eigenvalue weighted by Gasteiger charge is -2.29. The van der Waals surface area contributed by atoms with Gasteiger partial charge in [0.25, 0.3) is 0 Å². The third-order valence-electron chi connectivity index (χ3n) is 8.85. The molecule has 3 heterocycles. The van der Waals surface area contributed by atoms with Gasteiger partial charge >= 0.3 is 0 Å². The van der Waals surface area contributed by atoms with Crippen molar-refractivity contribution < 1.29 is 26.0 Å². The molecule has 0 saturated heterocycles. The molecule has 1 atom stereocenters. The Balaban J connectivity index is 0.000000328. The van der Waals surface area contributed by atoms with E-state index in [1.165, 1.54) is 36.9 Å². The molecule has 2 aromatic heterocycles. The minimum Gasteiger partial charge on any atom is -0.360 e. The van der Waals surface area contributed by atoms with Crippen molar-refractivity contribution >= 4 is 31.7 Å². The summed E-state index contributed by atoms with van der Waals surface area (Å²) in [4.78, 5) is 20.7. The number of carbonyl (C=O) groups excluding carboxylic acids is 1. The van der Waals surface area contributed by atoms with Gasteiger partial charge in [-0.3, -0.25) is 9.88 Å². The molecule has 3 aromatic carbocycles. The van der Waals surface area contributed by atoms with E-state index < -0.39 is 19.9 Å². The lowest BCUT2D eigenvalue weighted by molar-refractivity contribution is -0.107. The molecule has 0 spiro atoms. The van der Waals surface area contributed by atoms with E-state index in [1.54, 1.807) is 48.8 Å². The van der Waals surface area contributed by atoms with Gasteiger partial charge in [-0.2, -0.15) is 0 Å². The Morgan fingerprint density at radius 3 is 2.12 bits per heavy atom. The zero-order valence-electron chi connectivity index (χ0n) is 28.7. The minimum atomic E-state index is -3.43. The van der Waals surface area contributed by atoms with Crippen molar-refractivity contribution in [3.63, 3.8) is 0 Å².